The lowest BCUT2D eigenvalue weighted by Gasteiger charge is -2.43. The van der Waals surface area contributed by atoms with Gasteiger partial charge in [0.2, 0.25) is 5.91 Å². The van der Waals surface area contributed by atoms with Crippen molar-refractivity contribution in [1.82, 2.24) is 14.7 Å². The van der Waals surface area contributed by atoms with Crippen LogP contribution in [-0.4, -0.2) is 70.3 Å². The molecule has 0 radical (unpaired) electrons. The molecule has 0 spiro atoms. The number of methoxy groups -OCH3 is 1. The van der Waals surface area contributed by atoms with Crippen LogP contribution in [0.3, 0.4) is 0 Å². The summed E-state index contributed by atoms with van der Waals surface area (Å²) >= 11 is 0. The van der Waals surface area contributed by atoms with Crippen LogP contribution in [0.1, 0.15) is 37.8 Å². The van der Waals surface area contributed by atoms with Gasteiger partial charge in [0.25, 0.3) is 0 Å². The van der Waals surface area contributed by atoms with Crippen molar-refractivity contribution in [2.45, 2.75) is 63.3 Å². The summed E-state index contributed by atoms with van der Waals surface area (Å²) in [5.74, 6) is 0.154. The Bertz CT molecular complexity index is 591. The number of rotatable bonds is 7. The Labute approximate surface area is 148 Å². The number of carbonyl (C=O) groups is 1. The summed E-state index contributed by atoms with van der Waals surface area (Å²) in [6, 6.07) is 2.00. The molecule has 3 rings (SSSR count). The zero-order valence-electron chi connectivity index (χ0n) is 15.2. The predicted molar refractivity (Wildman–Crippen MR) is 92.1 cm³/mol. The van der Waals surface area contributed by atoms with E-state index in [1.54, 1.807) is 13.3 Å². The van der Waals surface area contributed by atoms with Crippen LogP contribution in [0.2, 0.25) is 0 Å². The van der Waals surface area contributed by atoms with E-state index in [1.807, 2.05) is 22.6 Å². The molecule has 1 aromatic heterocycles. The highest BCUT2D eigenvalue weighted by molar-refractivity contribution is 5.77. The average Bonchev–Trinajstić information content (AvgIpc) is 3.21. The van der Waals surface area contributed by atoms with Crippen molar-refractivity contribution >= 4 is 5.91 Å². The average molecular weight is 351 g/mol. The Morgan fingerprint density at radius 3 is 3.00 bits per heavy atom. The van der Waals surface area contributed by atoms with Gasteiger partial charge in [-0.25, -0.2) is 0 Å². The molecule has 2 fully saturated rings. The first kappa shape index (κ1) is 18.4. The Balaban J connectivity index is 1.64. The van der Waals surface area contributed by atoms with Gasteiger partial charge >= 0.3 is 0 Å². The number of aromatic nitrogens is 2. The molecule has 2 heterocycles. The summed E-state index contributed by atoms with van der Waals surface area (Å²) in [6.45, 7) is 3.72. The highest BCUT2D eigenvalue weighted by atomic mass is 16.5. The van der Waals surface area contributed by atoms with Crippen molar-refractivity contribution in [2.75, 3.05) is 26.9 Å². The highest BCUT2D eigenvalue weighted by Crippen LogP contribution is 2.43. The summed E-state index contributed by atoms with van der Waals surface area (Å²) in [5, 5.41) is 13.2. The van der Waals surface area contributed by atoms with Crippen LogP contribution in [0.5, 0.6) is 0 Å². The van der Waals surface area contributed by atoms with Gasteiger partial charge in [0.15, 0.2) is 0 Å². The smallest absolute Gasteiger partial charge is 0.224 e. The maximum absolute atomic E-state index is 12.8. The number of amides is 1. The maximum atomic E-state index is 12.8. The molecule has 0 unspecified atom stereocenters. The molecule has 1 aromatic rings. The molecule has 1 amide bonds. The second kappa shape index (κ2) is 7.85. The van der Waals surface area contributed by atoms with Crippen LogP contribution in [0.25, 0.3) is 0 Å². The van der Waals surface area contributed by atoms with Crippen LogP contribution in [0.15, 0.2) is 12.3 Å². The molecule has 1 N–H and O–H groups in total. The molecule has 7 heteroatoms. The second-order valence-electron chi connectivity index (χ2n) is 7.06. The van der Waals surface area contributed by atoms with E-state index in [9.17, 15) is 4.79 Å². The number of fused-ring (bicyclic) bond motifs is 1. The van der Waals surface area contributed by atoms with Gasteiger partial charge in [-0.05, 0) is 38.7 Å². The van der Waals surface area contributed by atoms with E-state index >= 15 is 0 Å². The minimum absolute atomic E-state index is 0.0302. The number of aliphatic hydroxyl groups excluding tert-OH is 1. The Morgan fingerprint density at radius 2 is 2.32 bits per heavy atom. The minimum atomic E-state index is -0.240. The molecule has 1 saturated heterocycles. The Kier molecular flexibility index (Phi) is 5.76. The minimum Gasteiger partial charge on any atom is -0.394 e. The number of ether oxygens (including phenoxy) is 2. The molecular weight excluding hydrogens is 322 g/mol. The van der Waals surface area contributed by atoms with Crippen LogP contribution in [0.4, 0.5) is 0 Å². The second-order valence-corrected chi connectivity index (χ2v) is 7.06. The largest absolute Gasteiger partial charge is 0.394 e. The third kappa shape index (κ3) is 3.73. The van der Waals surface area contributed by atoms with Gasteiger partial charge < -0.3 is 19.5 Å². The predicted octanol–water partition coefficient (Wildman–Crippen LogP) is 1.13. The molecule has 0 aromatic carbocycles. The topological polar surface area (TPSA) is 76.8 Å². The maximum Gasteiger partial charge on any atom is 0.224 e. The van der Waals surface area contributed by atoms with E-state index in [-0.39, 0.29) is 30.3 Å². The van der Waals surface area contributed by atoms with Gasteiger partial charge in [0.05, 0.1) is 31.0 Å². The van der Waals surface area contributed by atoms with Crippen LogP contribution < -0.4 is 0 Å². The van der Waals surface area contributed by atoms with Gasteiger partial charge in [0.1, 0.15) is 0 Å². The third-order valence-corrected chi connectivity index (χ3v) is 5.77. The molecular formula is C18H29N3O4. The third-order valence-electron chi connectivity index (χ3n) is 5.77. The van der Waals surface area contributed by atoms with Gasteiger partial charge in [-0.2, -0.15) is 5.10 Å². The zero-order chi connectivity index (χ0) is 17.9. The van der Waals surface area contributed by atoms with Crippen molar-refractivity contribution < 1.29 is 19.4 Å². The molecule has 1 aliphatic heterocycles. The summed E-state index contributed by atoms with van der Waals surface area (Å²) in [4.78, 5) is 14.8. The number of likely N-dealkylation sites (tertiary alicyclic amines) is 1. The number of hydrogen-bond acceptors (Lipinski definition) is 5. The monoisotopic (exact) mass is 351 g/mol. The van der Waals surface area contributed by atoms with E-state index in [0.717, 1.165) is 37.9 Å². The molecule has 1 aliphatic carbocycles. The Hall–Kier alpha value is -1.44. The lowest BCUT2D eigenvalue weighted by Crippen LogP contribution is -2.53. The van der Waals surface area contributed by atoms with E-state index in [0.29, 0.717) is 19.6 Å². The van der Waals surface area contributed by atoms with E-state index < -0.39 is 0 Å². The molecule has 1 saturated carbocycles. The zero-order valence-corrected chi connectivity index (χ0v) is 15.2. The van der Waals surface area contributed by atoms with Crippen LogP contribution >= 0.6 is 0 Å². The van der Waals surface area contributed by atoms with Crippen LogP contribution in [0, 0.1) is 6.92 Å². The van der Waals surface area contributed by atoms with Gasteiger partial charge in [-0.1, -0.05) is 0 Å². The van der Waals surface area contributed by atoms with Gasteiger partial charge in [-0.15, -0.1) is 0 Å². The molecule has 25 heavy (non-hydrogen) atoms. The molecule has 7 nitrogen and oxygen atoms in total. The summed E-state index contributed by atoms with van der Waals surface area (Å²) in [5.41, 5.74) is 0.826. The summed E-state index contributed by atoms with van der Waals surface area (Å²) in [7, 11) is 1.75. The fourth-order valence-electron chi connectivity index (χ4n) is 4.31. The quantitative estimate of drug-likeness (QED) is 0.797. The number of nitrogens with zero attached hydrogens (tertiary/aromatic N) is 3. The molecule has 2 aliphatic rings. The van der Waals surface area contributed by atoms with E-state index in [2.05, 4.69) is 5.10 Å². The molecule has 3 atom stereocenters. The summed E-state index contributed by atoms with van der Waals surface area (Å²) < 4.78 is 13.5. The van der Waals surface area contributed by atoms with Crippen molar-refractivity contribution in [3.63, 3.8) is 0 Å². The number of hydrogen-bond donors (Lipinski definition) is 1. The molecule has 0 bridgehead atoms. The van der Waals surface area contributed by atoms with Crippen molar-refractivity contribution in [3.8, 4) is 0 Å². The lowest BCUT2D eigenvalue weighted by atomic mass is 9.79. The normalized spacial score (nSPS) is 29.0. The SMILES string of the molecule is CO[C@@]12CC[C@H](OCCO)C[C@@H]1N(C(=O)CCn1nccc1C)CC2. The van der Waals surface area contributed by atoms with Crippen molar-refractivity contribution in [1.29, 1.82) is 0 Å². The molecule has 140 valence electrons. The first-order valence-corrected chi connectivity index (χ1v) is 9.15. The summed E-state index contributed by atoms with van der Waals surface area (Å²) in [6.07, 6.45) is 5.76. The van der Waals surface area contributed by atoms with Crippen molar-refractivity contribution in [2.24, 2.45) is 0 Å². The van der Waals surface area contributed by atoms with Gasteiger partial charge in [-0.3, -0.25) is 9.48 Å². The first-order chi connectivity index (χ1) is 12.1. The van der Waals surface area contributed by atoms with Gasteiger partial charge in [0, 0.05) is 38.5 Å². The first-order valence-electron chi connectivity index (χ1n) is 9.15. The fraction of sp³-hybridized carbons (Fsp3) is 0.778. The highest BCUT2D eigenvalue weighted by Gasteiger charge is 2.52. The number of aliphatic hydroxyl groups is 1. The fourth-order valence-corrected chi connectivity index (χ4v) is 4.31. The van der Waals surface area contributed by atoms with Crippen LogP contribution in [-0.2, 0) is 20.8 Å². The lowest BCUT2D eigenvalue weighted by molar-refractivity contribution is -0.142. The van der Waals surface area contributed by atoms with E-state index in [1.165, 1.54) is 0 Å². The van der Waals surface area contributed by atoms with Crippen molar-refractivity contribution in [3.05, 3.63) is 18.0 Å². The Morgan fingerprint density at radius 1 is 1.48 bits per heavy atom. The number of aryl methyl sites for hydroxylation is 2. The standard InChI is InChI=1S/C18H29N3O4/c1-14-4-8-19-21(14)9-5-17(23)20-10-7-18(24-2)6-3-15(13-16(18)20)25-12-11-22/h4,8,15-16,22H,3,5-7,9-13H2,1-2H3/t15-,16-,18+/m0/s1. The van der Waals surface area contributed by atoms with E-state index in [4.69, 9.17) is 14.6 Å². The number of carbonyl (C=O) groups excluding carboxylic acids is 1.